The molecule has 0 N–H and O–H groups in total. The van der Waals surface area contributed by atoms with E-state index < -0.39 is 20.0 Å². The molecule has 2 aliphatic rings. The molecular weight excluding hydrogens is 457 g/mol. The average molecular weight is 479 g/mol. The number of sulfonamides is 2. The van der Waals surface area contributed by atoms with Crippen LogP contribution < -0.4 is 0 Å². The quantitative estimate of drug-likeness (QED) is 0.402. The van der Waals surface area contributed by atoms with Gasteiger partial charge in [0.1, 0.15) is 8.64 Å². The molecule has 0 saturated carbocycles. The maximum absolute atomic E-state index is 11.5. The molecule has 0 aromatic rings. The van der Waals surface area contributed by atoms with Crippen molar-refractivity contribution in [2.24, 2.45) is 0 Å². The van der Waals surface area contributed by atoms with Crippen LogP contribution >= 0.6 is 46.0 Å². The molecular formula is C12H22N4O4S6. The molecule has 0 unspecified atom stereocenters. The Hall–Kier alpha value is 0.300. The minimum Gasteiger partial charge on any atom is -0.354 e. The Morgan fingerprint density at radius 2 is 0.923 bits per heavy atom. The summed E-state index contributed by atoms with van der Waals surface area (Å²) in [7, 11) is -3.52. The van der Waals surface area contributed by atoms with Crippen molar-refractivity contribution in [3.05, 3.63) is 0 Å². The predicted molar refractivity (Wildman–Crippen MR) is 116 cm³/mol. The lowest BCUT2D eigenvalue weighted by Crippen LogP contribution is -2.49. The van der Waals surface area contributed by atoms with Crippen LogP contribution in [-0.2, 0) is 20.0 Å². The van der Waals surface area contributed by atoms with E-state index in [0.29, 0.717) is 61.0 Å². The normalized spacial score (nSPS) is 21.0. The third-order valence-electron chi connectivity index (χ3n) is 4.12. The second-order valence-corrected chi connectivity index (χ2v) is 13.4. The van der Waals surface area contributed by atoms with Crippen LogP contribution in [0.1, 0.15) is 0 Å². The lowest BCUT2D eigenvalue weighted by atomic mass is 10.4. The predicted octanol–water partition coefficient (Wildman–Crippen LogP) is 0.0920. The number of nitrogens with zero attached hydrogens (tertiary/aromatic N) is 4. The number of rotatable bonds is 2. The Bertz CT molecular complexity index is 676. The first kappa shape index (κ1) is 22.6. The van der Waals surface area contributed by atoms with Crippen LogP contribution in [0.3, 0.4) is 0 Å². The van der Waals surface area contributed by atoms with Crippen LogP contribution in [0.25, 0.3) is 0 Å². The second-order valence-electron chi connectivity index (χ2n) is 6.00. The van der Waals surface area contributed by atoms with Gasteiger partial charge in [0.05, 0.1) is 12.5 Å². The summed E-state index contributed by atoms with van der Waals surface area (Å²) in [6.45, 7) is 4.01. The Kier molecular flexibility index (Phi) is 7.99. The number of hydrogen-bond acceptors (Lipinski definition) is 8. The molecule has 0 atom stereocenters. The average Bonchev–Trinajstić information content (AvgIpc) is 2.58. The Balaban J connectivity index is 1.74. The third kappa shape index (κ3) is 6.43. The van der Waals surface area contributed by atoms with Crippen LogP contribution in [0.4, 0.5) is 0 Å². The molecule has 26 heavy (non-hydrogen) atoms. The van der Waals surface area contributed by atoms with Gasteiger partial charge in [0.25, 0.3) is 0 Å². The molecule has 0 aliphatic carbocycles. The summed E-state index contributed by atoms with van der Waals surface area (Å²) in [4.78, 5) is 3.97. The van der Waals surface area contributed by atoms with Crippen molar-refractivity contribution >= 4 is 74.7 Å². The lowest BCUT2D eigenvalue weighted by Gasteiger charge is -2.35. The van der Waals surface area contributed by atoms with E-state index in [1.807, 2.05) is 9.80 Å². The summed E-state index contributed by atoms with van der Waals surface area (Å²) in [5.41, 5.74) is 0. The zero-order valence-electron chi connectivity index (χ0n) is 14.5. The highest BCUT2D eigenvalue weighted by Crippen LogP contribution is 2.29. The van der Waals surface area contributed by atoms with Gasteiger partial charge >= 0.3 is 0 Å². The Morgan fingerprint density at radius 1 is 0.654 bits per heavy atom. The topological polar surface area (TPSA) is 81.2 Å². The highest BCUT2D eigenvalue weighted by Gasteiger charge is 2.27. The van der Waals surface area contributed by atoms with Gasteiger partial charge in [-0.3, -0.25) is 0 Å². The fourth-order valence-corrected chi connectivity index (χ4v) is 6.99. The van der Waals surface area contributed by atoms with Crippen molar-refractivity contribution in [1.82, 2.24) is 18.4 Å². The molecule has 8 nitrogen and oxygen atoms in total. The van der Waals surface area contributed by atoms with E-state index >= 15 is 0 Å². The van der Waals surface area contributed by atoms with Crippen LogP contribution in [0.15, 0.2) is 0 Å². The number of piperazine rings is 2. The smallest absolute Gasteiger partial charge is 0.211 e. The monoisotopic (exact) mass is 478 g/mol. The van der Waals surface area contributed by atoms with E-state index in [4.69, 9.17) is 24.4 Å². The van der Waals surface area contributed by atoms with Crippen LogP contribution in [-0.4, -0.2) is 109 Å². The van der Waals surface area contributed by atoms with Gasteiger partial charge in [-0.15, -0.1) is 0 Å². The van der Waals surface area contributed by atoms with Gasteiger partial charge < -0.3 is 9.80 Å². The zero-order valence-corrected chi connectivity index (χ0v) is 19.4. The molecule has 0 aromatic carbocycles. The van der Waals surface area contributed by atoms with E-state index in [2.05, 4.69) is 0 Å². The Labute approximate surface area is 174 Å². The van der Waals surface area contributed by atoms with Gasteiger partial charge in [-0.1, -0.05) is 24.4 Å². The molecule has 14 heteroatoms. The third-order valence-corrected chi connectivity index (χ3v) is 10.5. The molecule has 0 bridgehead atoms. The molecule has 150 valence electrons. The molecule has 2 fully saturated rings. The summed E-state index contributed by atoms with van der Waals surface area (Å²) in [5, 5.41) is 0. The summed E-state index contributed by atoms with van der Waals surface area (Å²) >= 11 is 10.9. The van der Waals surface area contributed by atoms with Gasteiger partial charge in [-0.2, -0.15) is 8.61 Å². The van der Waals surface area contributed by atoms with Crippen LogP contribution in [0.5, 0.6) is 0 Å². The second kappa shape index (κ2) is 9.20. The molecule has 2 aliphatic heterocycles. The first-order valence-electron chi connectivity index (χ1n) is 7.81. The van der Waals surface area contributed by atoms with Gasteiger partial charge in [0.2, 0.25) is 20.0 Å². The van der Waals surface area contributed by atoms with Crippen LogP contribution in [0, 0.1) is 0 Å². The molecule has 2 rings (SSSR count). The molecule has 0 spiro atoms. The molecule has 0 amide bonds. The molecule has 2 heterocycles. The summed E-state index contributed by atoms with van der Waals surface area (Å²) in [5.74, 6) is 0. The van der Waals surface area contributed by atoms with Gasteiger partial charge in [0, 0.05) is 52.4 Å². The standard InChI is InChI=1S/C12H22N4O4S6/c1-25(17,18)15-7-3-13(4-8-15)11(21)23-24-12(22)14-5-9-16(10-6-14)26(2,19)20/h3-10H2,1-2H3. The highest BCUT2D eigenvalue weighted by molar-refractivity contribution is 8.89. The molecule has 0 aromatic heterocycles. The van der Waals surface area contributed by atoms with Crippen LogP contribution in [0.2, 0.25) is 0 Å². The molecule has 0 radical (unpaired) electrons. The van der Waals surface area contributed by atoms with E-state index in [-0.39, 0.29) is 0 Å². The fraction of sp³-hybridized carbons (Fsp3) is 0.833. The lowest BCUT2D eigenvalue weighted by molar-refractivity contribution is 0.273. The Morgan fingerprint density at radius 3 is 1.15 bits per heavy atom. The van der Waals surface area contributed by atoms with E-state index in [1.165, 1.54) is 42.7 Å². The van der Waals surface area contributed by atoms with Crippen molar-refractivity contribution in [3.63, 3.8) is 0 Å². The fourth-order valence-electron chi connectivity index (χ4n) is 2.58. The van der Waals surface area contributed by atoms with Gasteiger partial charge in [0.15, 0.2) is 0 Å². The summed E-state index contributed by atoms with van der Waals surface area (Å²) < 4.78 is 50.4. The van der Waals surface area contributed by atoms with E-state index in [9.17, 15) is 16.8 Å². The van der Waals surface area contributed by atoms with E-state index in [0.717, 1.165) is 0 Å². The SMILES string of the molecule is CS(=O)(=O)N1CCN(C(=S)SSC(=S)N2CCN(S(C)(=O)=O)CC2)CC1. The first-order valence-corrected chi connectivity index (χ1v) is 14.5. The summed E-state index contributed by atoms with van der Waals surface area (Å²) in [6.07, 6.45) is 2.43. The zero-order chi connectivity index (χ0) is 19.5. The highest BCUT2D eigenvalue weighted by atomic mass is 33.1. The minimum absolute atomic E-state index is 0.433. The molecule has 2 saturated heterocycles. The van der Waals surface area contributed by atoms with Crippen molar-refractivity contribution in [3.8, 4) is 0 Å². The largest absolute Gasteiger partial charge is 0.354 e. The van der Waals surface area contributed by atoms with Crippen molar-refractivity contribution in [2.75, 3.05) is 64.9 Å². The van der Waals surface area contributed by atoms with Gasteiger partial charge in [-0.05, 0) is 21.6 Å². The van der Waals surface area contributed by atoms with Gasteiger partial charge in [-0.25, -0.2) is 16.8 Å². The van der Waals surface area contributed by atoms with E-state index in [1.54, 1.807) is 0 Å². The summed E-state index contributed by atoms with van der Waals surface area (Å²) in [6, 6.07) is 0. The maximum Gasteiger partial charge on any atom is 0.211 e. The first-order chi connectivity index (χ1) is 12.0. The van der Waals surface area contributed by atoms with Crippen molar-refractivity contribution < 1.29 is 16.8 Å². The minimum atomic E-state index is -3.15. The van der Waals surface area contributed by atoms with Crippen molar-refractivity contribution in [1.29, 1.82) is 0 Å². The van der Waals surface area contributed by atoms with Crippen molar-refractivity contribution in [2.45, 2.75) is 0 Å². The number of thiocarbonyl (C=S) groups is 2. The maximum atomic E-state index is 11.5. The number of hydrogen-bond donors (Lipinski definition) is 0.